The van der Waals surface area contributed by atoms with Gasteiger partial charge in [0, 0.05) is 6.07 Å². The molecule has 17 heavy (non-hydrogen) atoms. The standard InChI is InChI=1S/C10H5Cl3N2O2/c11-5-2-1-3-6(12)9(5)15-8(16)4-7(13)14-10(15)17/h1-4H,(H,14,17). The van der Waals surface area contributed by atoms with Crippen LogP contribution in [0.2, 0.25) is 15.2 Å². The Balaban J connectivity index is 2.88. The molecule has 1 aromatic heterocycles. The van der Waals surface area contributed by atoms with Gasteiger partial charge in [0.25, 0.3) is 5.56 Å². The number of nitrogens with zero attached hydrogens (tertiary/aromatic N) is 1. The molecule has 2 rings (SSSR count). The van der Waals surface area contributed by atoms with E-state index in [0.717, 1.165) is 10.6 Å². The second-order valence-electron chi connectivity index (χ2n) is 3.17. The Kier molecular flexibility index (Phi) is 3.28. The number of halogens is 3. The molecule has 0 aliphatic heterocycles. The molecule has 0 aliphatic rings. The first-order valence-corrected chi connectivity index (χ1v) is 5.60. The molecule has 0 saturated heterocycles. The van der Waals surface area contributed by atoms with Crippen LogP contribution in [0.1, 0.15) is 0 Å². The number of rotatable bonds is 1. The minimum atomic E-state index is -0.697. The fourth-order valence-electron chi connectivity index (χ4n) is 1.38. The Morgan fingerprint density at radius 2 is 1.65 bits per heavy atom. The van der Waals surface area contributed by atoms with Crippen molar-refractivity contribution >= 4 is 34.8 Å². The van der Waals surface area contributed by atoms with Gasteiger partial charge in [0.1, 0.15) is 5.15 Å². The predicted molar refractivity (Wildman–Crippen MR) is 67.7 cm³/mol. The van der Waals surface area contributed by atoms with Gasteiger partial charge < -0.3 is 0 Å². The van der Waals surface area contributed by atoms with Crippen LogP contribution in [0.15, 0.2) is 33.9 Å². The Bertz CT molecular complexity index is 639. The molecule has 0 spiro atoms. The van der Waals surface area contributed by atoms with E-state index in [0.29, 0.717) is 0 Å². The van der Waals surface area contributed by atoms with E-state index in [1.807, 2.05) is 0 Å². The third kappa shape index (κ3) is 2.24. The number of para-hydroxylation sites is 1. The van der Waals surface area contributed by atoms with Crippen molar-refractivity contribution in [1.29, 1.82) is 0 Å². The van der Waals surface area contributed by atoms with Gasteiger partial charge in [0.15, 0.2) is 0 Å². The Morgan fingerprint density at radius 3 is 2.18 bits per heavy atom. The van der Waals surface area contributed by atoms with Gasteiger partial charge in [-0.25, -0.2) is 9.36 Å². The predicted octanol–water partition coefficient (Wildman–Crippen LogP) is 2.49. The monoisotopic (exact) mass is 290 g/mol. The van der Waals surface area contributed by atoms with Gasteiger partial charge in [-0.3, -0.25) is 9.78 Å². The van der Waals surface area contributed by atoms with Crippen LogP contribution in [0, 0.1) is 0 Å². The van der Waals surface area contributed by atoms with E-state index in [1.165, 1.54) is 12.1 Å². The summed E-state index contributed by atoms with van der Waals surface area (Å²) in [5.41, 5.74) is -1.16. The molecule has 1 heterocycles. The molecule has 7 heteroatoms. The molecule has 4 nitrogen and oxygen atoms in total. The van der Waals surface area contributed by atoms with E-state index in [9.17, 15) is 9.59 Å². The molecule has 0 amide bonds. The average molecular weight is 292 g/mol. The maximum Gasteiger partial charge on any atom is 0.334 e. The Hall–Kier alpha value is -1.23. The Labute approximate surface area is 110 Å². The topological polar surface area (TPSA) is 54.9 Å². The van der Waals surface area contributed by atoms with Gasteiger partial charge in [0.05, 0.1) is 15.7 Å². The van der Waals surface area contributed by atoms with Crippen LogP contribution in [0.3, 0.4) is 0 Å². The van der Waals surface area contributed by atoms with Crippen LogP contribution in [0.25, 0.3) is 5.69 Å². The number of nitrogens with one attached hydrogen (secondary N) is 1. The van der Waals surface area contributed by atoms with Gasteiger partial charge in [0.2, 0.25) is 0 Å². The van der Waals surface area contributed by atoms with Crippen molar-refractivity contribution in [3.05, 3.63) is 60.3 Å². The largest absolute Gasteiger partial charge is 0.334 e. The lowest BCUT2D eigenvalue weighted by Gasteiger charge is -2.08. The highest BCUT2D eigenvalue weighted by Gasteiger charge is 2.12. The summed E-state index contributed by atoms with van der Waals surface area (Å²) in [6, 6.07) is 5.75. The summed E-state index contributed by atoms with van der Waals surface area (Å²) < 4.78 is 0.830. The third-order valence-electron chi connectivity index (χ3n) is 2.06. The molecule has 0 fully saturated rings. The van der Waals surface area contributed by atoms with E-state index < -0.39 is 11.2 Å². The van der Waals surface area contributed by atoms with E-state index in [4.69, 9.17) is 34.8 Å². The van der Waals surface area contributed by atoms with Crippen LogP contribution in [0.5, 0.6) is 0 Å². The normalized spacial score (nSPS) is 10.5. The molecule has 2 aromatic rings. The van der Waals surface area contributed by atoms with Gasteiger partial charge in [-0.05, 0) is 12.1 Å². The summed E-state index contributed by atoms with van der Waals surface area (Å²) in [5, 5.41) is 0.360. The van der Waals surface area contributed by atoms with Crippen molar-refractivity contribution < 1.29 is 0 Å². The van der Waals surface area contributed by atoms with E-state index in [1.54, 1.807) is 6.07 Å². The first-order valence-electron chi connectivity index (χ1n) is 4.47. The summed E-state index contributed by atoms with van der Waals surface area (Å²) in [5.74, 6) is 0. The second kappa shape index (κ2) is 4.56. The fourth-order valence-corrected chi connectivity index (χ4v) is 2.12. The molecule has 0 bridgehead atoms. The van der Waals surface area contributed by atoms with E-state index in [-0.39, 0.29) is 20.9 Å². The van der Waals surface area contributed by atoms with Crippen LogP contribution in [-0.4, -0.2) is 9.55 Å². The van der Waals surface area contributed by atoms with Gasteiger partial charge in [-0.15, -0.1) is 0 Å². The van der Waals surface area contributed by atoms with Crippen LogP contribution in [0.4, 0.5) is 0 Å². The zero-order valence-electron chi connectivity index (χ0n) is 8.21. The second-order valence-corrected chi connectivity index (χ2v) is 4.39. The lowest BCUT2D eigenvalue weighted by Crippen LogP contribution is -2.33. The quantitative estimate of drug-likeness (QED) is 0.821. The molecule has 0 saturated carbocycles. The maximum atomic E-state index is 11.7. The van der Waals surface area contributed by atoms with Gasteiger partial charge in [-0.1, -0.05) is 40.9 Å². The van der Waals surface area contributed by atoms with Crippen LogP contribution in [-0.2, 0) is 0 Å². The highest BCUT2D eigenvalue weighted by atomic mass is 35.5. The SMILES string of the molecule is O=c1cc(Cl)[nH]c(=O)n1-c1c(Cl)cccc1Cl. The first kappa shape index (κ1) is 12.2. The summed E-state index contributed by atoms with van der Waals surface area (Å²) >= 11 is 17.4. The molecular weight excluding hydrogens is 286 g/mol. The van der Waals surface area contributed by atoms with Crippen molar-refractivity contribution in [3.63, 3.8) is 0 Å². The van der Waals surface area contributed by atoms with E-state index in [2.05, 4.69) is 4.98 Å². The summed E-state index contributed by atoms with van der Waals surface area (Å²) in [4.78, 5) is 25.7. The van der Waals surface area contributed by atoms with Crippen molar-refractivity contribution in [2.45, 2.75) is 0 Å². The number of aromatic amines is 1. The minimum absolute atomic E-state index is 0.0422. The molecule has 0 aliphatic carbocycles. The number of benzene rings is 1. The third-order valence-corrected chi connectivity index (χ3v) is 2.87. The number of hydrogen-bond acceptors (Lipinski definition) is 2. The summed E-state index contributed by atoms with van der Waals surface area (Å²) in [7, 11) is 0. The van der Waals surface area contributed by atoms with Crippen molar-refractivity contribution in [1.82, 2.24) is 9.55 Å². The van der Waals surface area contributed by atoms with Crippen molar-refractivity contribution in [2.24, 2.45) is 0 Å². The molecule has 1 N–H and O–H groups in total. The van der Waals surface area contributed by atoms with Crippen LogP contribution < -0.4 is 11.2 Å². The number of aromatic nitrogens is 2. The van der Waals surface area contributed by atoms with Gasteiger partial charge >= 0.3 is 5.69 Å². The fraction of sp³-hybridized carbons (Fsp3) is 0. The molecule has 88 valence electrons. The van der Waals surface area contributed by atoms with Gasteiger partial charge in [-0.2, -0.15) is 0 Å². The van der Waals surface area contributed by atoms with E-state index >= 15 is 0 Å². The van der Waals surface area contributed by atoms with Crippen molar-refractivity contribution in [2.75, 3.05) is 0 Å². The zero-order chi connectivity index (χ0) is 12.6. The molecule has 0 radical (unpaired) electrons. The first-order chi connectivity index (χ1) is 8.00. The lowest BCUT2D eigenvalue weighted by molar-refractivity contribution is 0.876. The lowest BCUT2D eigenvalue weighted by atomic mass is 10.3. The highest BCUT2D eigenvalue weighted by molar-refractivity contribution is 6.37. The summed E-state index contributed by atoms with van der Waals surface area (Å²) in [6.45, 7) is 0. The van der Waals surface area contributed by atoms with Crippen LogP contribution >= 0.6 is 34.8 Å². The number of H-pyrrole nitrogens is 1. The Morgan fingerprint density at radius 1 is 1.06 bits per heavy atom. The molecule has 1 aromatic carbocycles. The molecule has 0 atom stereocenters. The number of hydrogen-bond donors (Lipinski definition) is 1. The molecule has 0 unspecified atom stereocenters. The maximum absolute atomic E-state index is 11.7. The smallest absolute Gasteiger partial charge is 0.297 e. The highest BCUT2D eigenvalue weighted by Crippen LogP contribution is 2.26. The minimum Gasteiger partial charge on any atom is -0.297 e. The average Bonchev–Trinajstić information content (AvgIpc) is 2.21. The van der Waals surface area contributed by atoms with Crippen molar-refractivity contribution in [3.8, 4) is 5.69 Å². The molecular formula is C10H5Cl3N2O2. The zero-order valence-corrected chi connectivity index (χ0v) is 10.5. The summed E-state index contributed by atoms with van der Waals surface area (Å²) in [6.07, 6.45) is 0.